The first-order valence-corrected chi connectivity index (χ1v) is 7.01. The van der Waals surface area contributed by atoms with Crippen LogP contribution in [-0.2, 0) is 9.53 Å². The minimum atomic E-state index is -0.241. The van der Waals surface area contributed by atoms with E-state index >= 15 is 0 Å². The number of ether oxygens (including phenoxy) is 2. The molecule has 0 atom stereocenters. The van der Waals surface area contributed by atoms with Crippen molar-refractivity contribution in [3.63, 3.8) is 0 Å². The Bertz CT molecular complexity index is 492. The Morgan fingerprint density at radius 2 is 2.05 bits per heavy atom. The maximum atomic E-state index is 12.5. The van der Waals surface area contributed by atoms with E-state index in [1.165, 1.54) is 0 Å². The third kappa shape index (κ3) is 2.17. The highest BCUT2D eigenvalue weighted by atomic mass is 16.5. The highest BCUT2D eigenvalue weighted by Crippen LogP contribution is 2.39. The fourth-order valence-corrected chi connectivity index (χ4v) is 3.19. The second-order valence-electron chi connectivity index (χ2n) is 5.37. The number of hydrogen-bond acceptors (Lipinski definition) is 4. The predicted molar refractivity (Wildman–Crippen MR) is 76.1 cm³/mol. The van der Waals surface area contributed by atoms with E-state index in [9.17, 15) is 4.79 Å². The van der Waals surface area contributed by atoms with E-state index in [2.05, 4.69) is 5.32 Å². The molecule has 2 saturated heterocycles. The summed E-state index contributed by atoms with van der Waals surface area (Å²) in [5, 5.41) is 3.35. The number of carbonyl (C=O) groups excluding carboxylic acids is 1. The monoisotopic (exact) mass is 276 g/mol. The quantitative estimate of drug-likeness (QED) is 0.881. The molecule has 1 spiro atoms. The van der Waals surface area contributed by atoms with Crippen molar-refractivity contribution in [2.75, 3.05) is 38.3 Å². The summed E-state index contributed by atoms with van der Waals surface area (Å²) in [7, 11) is 1.64. The van der Waals surface area contributed by atoms with Crippen molar-refractivity contribution >= 4 is 11.6 Å². The van der Waals surface area contributed by atoms with Crippen LogP contribution < -0.4 is 15.0 Å². The van der Waals surface area contributed by atoms with Crippen molar-refractivity contribution in [1.29, 1.82) is 0 Å². The van der Waals surface area contributed by atoms with E-state index < -0.39 is 0 Å². The summed E-state index contributed by atoms with van der Waals surface area (Å²) < 4.78 is 11.0. The highest BCUT2D eigenvalue weighted by Gasteiger charge is 2.45. The van der Waals surface area contributed by atoms with Crippen molar-refractivity contribution in [3.05, 3.63) is 24.3 Å². The molecule has 0 unspecified atom stereocenters. The molecular weight excluding hydrogens is 256 g/mol. The molecular formula is C15H20N2O3. The van der Waals surface area contributed by atoms with Gasteiger partial charge in [-0.3, -0.25) is 9.69 Å². The maximum absolute atomic E-state index is 12.5. The number of anilines is 1. The summed E-state index contributed by atoms with van der Waals surface area (Å²) in [6.07, 6.45) is 1.80. The summed E-state index contributed by atoms with van der Waals surface area (Å²) >= 11 is 0. The molecule has 1 aromatic carbocycles. The van der Waals surface area contributed by atoms with Gasteiger partial charge in [-0.25, -0.2) is 0 Å². The summed E-state index contributed by atoms with van der Waals surface area (Å²) in [5.41, 5.74) is 0.611. The molecule has 2 fully saturated rings. The van der Waals surface area contributed by atoms with Crippen molar-refractivity contribution < 1.29 is 14.3 Å². The third-order valence-corrected chi connectivity index (χ3v) is 4.18. The van der Waals surface area contributed by atoms with Gasteiger partial charge in [0.25, 0.3) is 5.91 Å². The molecule has 1 N–H and O–H groups in total. The van der Waals surface area contributed by atoms with E-state index in [4.69, 9.17) is 9.47 Å². The van der Waals surface area contributed by atoms with Gasteiger partial charge in [-0.2, -0.15) is 0 Å². The van der Waals surface area contributed by atoms with Gasteiger partial charge in [0.2, 0.25) is 0 Å². The standard InChI is InChI=1S/C15H20N2O3/c1-19-13-5-3-2-4-12(13)17-14(18)10-20-11-15(17)6-8-16-9-7-15/h2-5,16H,6-11H2,1H3. The normalized spacial score (nSPS) is 22.1. The molecule has 3 rings (SSSR count). The molecule has 1 amide bonds. The lowest BCUT2D eigenvalue weighted by atomic mass is 9.85. The molecule has 0 bridgehead atoms. The Balaban J connectivity index is 2.03. The van der Waals surface area contributed by atoms with Crippen molar-refractivity contribution in [2.24, 2.45) is 0 Å². The predicted octanol–water partition coefficient (Wildman–Crippen LogP) is 1.18. The number of methoxy groups -OCH3 is 1. The van der Waals surface area contributed by atoms with Crippen LogP contribution in [0.3, 0.4) is 0 Å². The highest BCUT2D eigenvalue weighted by molar-refractivity contribution is 5.98. The number of hydrogen-bond donors (Lipinski definition) is 1. The molecule has 2 aliphatic rings. The van der Waals surface area contributed by atoms with Gasteiger partial charge in [0.05, 0.1) is 24.9 Å². The van der Waals surface area contributed by atoms with Gasteiger partial charge in [0, 0.05) is 0 Å². The zero-order valence-electron chi connectivity index (χ0n) is 11.7. The molecule has 5 heteroatoms. The molecule has 20 heavy (non-hydrogen) atoms. The number of rotatable bonds is 2. The van der Waals surface area contributed by atoms with Crippen LogP contribution >= 0.6 is 0 Å². The molecule has 5 nitrogen and oxygen atoms in total. The lowest BCUT2D eigenvalue weighted by molar-refractivity contribution is -0.131. The molecule has 2 aliphatic heterocycles. The van der Waals surface area contributed by atoms with Crippen LogP contribution in [0.2, 0.25) is 0 Å². The second-order valence-corrected chi connectivity index (χ2v) is 5.37. The largest absolute Gasteiger partial charge is 0.495 e. The maximum Gasteiger partial charge on any atom is 0.253 e. The van der Waals surface area contributed by atoms with E-state index in [-0.39, 0.29) is 18.1 Å². The van der Waals surface area contributed by atoms with Crippen LogP contribution in [0.1, 0.15) is 12.8 Å². The Kier molecular flexibility index (Phi) is 3.63. The fraction of sp³-hybridized carbons (Fsp3) is 0.533. The van der Waals surface area contributed by atoms with Gasteiger partial charge in [-0.1, -0.05) is 12.1 Å². The summed E-state index contributed by atoms with van der Waals surface area (Å²) in [6, 6.07) is 7.70. The van der Waals surface area contributed by atoms with E-state index in [0.717, 1.165) is 37.4 Å². The van der Waals surface area contributed by atoms with Crippen molar-refractivity contribution in [2.45, 2.75) is 18.4 Å². The van der Waals surface area contributed by atoms with Crippen molar-refractivity contribution in [1.82, 2.24) is 5.32 Å². The number of benzene rings is 1. The zero-order valence-corrected chi connectivity index (χ0v) is 11.7. The zero-order chi connectivity index (χ0) is 14.0. The first-order chi connectivity index (χ1) is 9.77. The van der Waals surface area contributed by atoms with Crippen LogP contribution in [0.5, 0.6) is 5.75 Å². The van der Waals surface area contributed by atoms with Gasteiger partial charge in [0.1, 0.15) is 12.4 Å². The van der Waals surface area contributed by atoms with E-state index in [1.807, 2.05) is 29.2 Å². The Labute approximate surface area is 118 Å². The lowest BCUT2D eigenvalue weighted by Gasteiger charge is -2.49. The van der Waals surface area contributed by atoms with Crippen LogP contribution in [0.4, 0.5) is 5.69 Å². The second kappa shape index (κ2) is 5.42. The average molecular weight is 276 g/mol. The van der Waals surface area contributed by atoms with Gasteiger partial charge in [-0.15, -0.1) is 0 Å². The van der Waals surface area contributed by atoms with Crippen LogP contribution in [-0.4, -0.2) is 44.9 Å². The Morgan fingerprint density at radius 3 is 2.80 bits per heavy atom. The van der Waals surface area contributed by atoms with Gasteiger partial charge in [0.15, 0.2) is 0 Å². The number of para-hydroxylation sites is 2. The minimum Gasteiger partial charge on any atom is -0.495 e. The number of carbonyl (C=O) groups is 1. The molecule has 1 aromatic rings. The Morgan fingerprint density at radius 1 is 1.30 bits per heavy atom. The van der Waals surface area contributed by atoms with E-state index in [0.29, 0.717) is 6.61 Å². The van der Waals surface area contributed by atoms with Gasteiger partial charge in [-0.05, 0) is 38.1 Å². The SMILES string of the molecule is COc1ccccc1N1C(=O)COCC12CCNCC2. The molecule has 0 saturated carbocycles. The third-order valence-electron chi connectivity index (χ3n) is 4.18. The Hall–Kier alpha value is -1.59. The first kappa shape index (κ1) is 13.4. The summed E-state index contributed by atoms with van der Waals surface area (Å²) in [4.78, 5) is 14.4. The molecule has 0 aromatic heterocycles. The summed E-state index contributed by atoms with van der Waals surface area (Å²) in [6.45, 7) is 2.55. The number of nitrogens with one attached hydrogen (secondary N) is 1. The average Bonchev–Trinajstić information content (AvgIpc) is 2.48. The minimum absolute atomic E-state index is 0.0163. The summed E-state index contributed by atoms with van der Waals surface area (Å²) in [5.74, 6) is 0.753. The number of piperidine rings is 1. The van der Waals surface area contributed by atoms with Crippen LogP contribution in [0, 0.1) is 0 Å². The smallest absolute Gasteiger partial charge is 0.253 e. The van der Waals surface area contributed by atoms with Crippen LogP contribution in [0.25, 0.3) is 0 Å². The van der Waals surface area contributed by atoms with Crippen molar-refractivity contribution in [3.8, 4) is 5.75 Å². The number of nitrogens with zero attached hydrogens (tertiary/aromatic N) is 1. The molecule has 108 valence electrons. The molecule has 2 heterocycles. The topological polar surface area (TPSA) is 50.8 Å². The van der Waals surface area contributed by atoms with Gasteiger partial charge < -0.3 is 14.8 Å². The lowest BCUT2D eigenvalue weighted by Crippen LogP contribution is -2.63. The molecule has 0 aliphatic carbocycles. The number of morpholine rings is 1. The fourth-order valence-electron chi connectivity index (χ4n) is 3.19. The first-order valence-electron chi connectivity index (χ1n) is 7.01. The van der Waals surface area contributed by atoms with Crippen LogP contribution in [0.15, 0.2) is 24.3 Å². The molecule has 0 radical (unpaired) electrons. The van der Waals surface area contributed by atoms with Gasteiger partial charge >= 0.3 is 0 Å². The van der Waals surface area contributed by atoms with E-state index in [1.54, 1.807) is 7.11 Å². The number of amides is 1.